The molecule has 0 atom stereocenters. The minimum absolute atomic E-state index is 0.183. The lowest BCUT2D eigenvalue weighted by Gasteiger charge is -2.10. The molecule has 2 aromatic carbocycles. The van der Waals surface area contributed by atoms with Crippen LogP contribution in [0.2, 0.25) is 0 Å². The number of hydrogen-bond acceptors (Lipinski definition) is 1. The number of rotatable bonds is 4. The zero-order chi connectivity index (χ0) is 12.1. The van der Waals surface area contributed by atoms with Gasteiger partial charge in [0.25, 0.3) is 0 Å². The molecule has 2 rings (SSSR count). The van der Waals surface area contributed by atoms with Gasteiger partial charge in [-0.2, -0.15) is 0 Å². The Morgan fingerprint density at radius 1 is 1.06 bits per heavy atom. The van der Waals surface area contributed by atoms with Gasteiger partial charge in [-0.25, -0.2) is 4.39 Å². The minimum Gasteiger partial charge on any atom is -0.313 e. The highest BCUT2D eigenvalue weighted by atomic mass is 19.1. The van der Waals surface area contributed by atoms with E-state index in [1.807, 2.05) is 43.3 Å². The highest BCUT2D eigenvalue weighted by Gasteiger charge is 2.05. The van der Waals surface area contributed by atoms with Crippen molar-refractivity contribution in [3.05, 3.63) is 59.9 Å². The second-order valence-corrected chi connectivity index (χ2v) is 3.95. The summed E-state index contributed by atoms with van der Waals surface area (Å²) in [4.78, 5) is 0. The average molecular weight is 229 g/mol. The first kappa shape index (κ1) is 11.8. The Kier molecular flexibility index (Phi) is 3.89. The standard InChI is InChI=1S/C15H16FN/c1-2-17-11-13-10-14(16)8-9-15(13)12-6-4-3-5-7-12/h3-10,17H,2,11H2,1H3. The van der Waals surface area contributed by atoms with Crippen molar-refractivity contribution in [2.45, 2.75) is 13.5 Å². The van der Waals surface area contributed by atoms with Crippen molar-refractivity contribution in [2.24, 2.45) is 0 Å². The summed E-state index contributed by atoms with van der Waals surface area (Å²) in [5.41, 5.74) is 3.21. The Morgan fingerprint density at radius 3 is 2.53 bits per heavy atom. The van der Waals surface area contributed by atoms with E-state index in [2.05, 4.69) is 5.32 Å². The average Bonchev–Trinajstić information content (AvgIpc) is 2.37. The maximum Gasteiger partial charge on any atom is 0.123 e. The SMILES string of the molecule is CCNCc1cc(F)ccc1-c1ccccc1. The third-order valence-electron chi connectivity index (χ3n) is 2.72. The molecular formula is C15H16FN. The second kappa shape index (κ2) is 5.60. The van der Waals surface area contributed by atoms with E-state index in [1.165, 1.54) is 6.07 Å². The quantitative estimate of drug-likeness (QED) is 0.844. The third-order valence-corrected chi connectivity index (χ3v) is 2.72. The summed E-state index contributed by atoms with van der Waals surface area (Å²) in [6, 6.07) is 15.0. The lowest BCUT2D eigenvalue weighted by Crippen LogP contribution is -2.12. The first-order chi connectivity index (χ1) is 8.31. The van der Waals surface area contributed by atoms with Crippen molar-refractivity contribution >= 4 is 0 Å². The molecule has 0 saturated heterocycles. The molecule has 0 saturated carbocycles. The lowest BCUT2D eigenvalue weighted by atomic mass is 9.99. The molecule has 88 valence electrons. The van der Waals surface area contributed by atoms with E-state index in [9.17, 15) is 4.39 Å². The molecule has 0 aliphatic heterocycles. The molecular weight excluding hydrogens is 213 g/mol. The highest BCUT2D eigenvalue weighted by Crippen LogP contribution is 2.24. The first-order valence-corrected chi connectivity index (χ1v) is 5.86. The van der Waals surface area contributed by atoms with Crippen molar-refractivity contribution in [3.8, 4) is 11.1 Å². The van der Waals surface area contributed by atoms with Gasteiger partial charge in [-0.15, -0.1) is 0 Å². The molecule has 2 heteroatoms. The van der Waals surface area contributed by atoms with Crippen molar-refractivity contribution in [2.75, 3.05) is 6.54 Å². The largest absolute Gasteiger partial charge is 0.313 e. The van der Waals surface area contributed by atoms with Crippen molar-refractivity contribution in [1.29, 1.82) is 0 Å². The predicted octanol–water partition coefficient (Wildman–Crippen LogP) is 3.60. The molecule has 17 heavy (non-hydrogen) atoms. The molecule has 2 aromatic rings. The van der Waals surface area contributed by atoms with Gasteiger partial charge < -0.3 is 5.32 Å². The number of nitrogens with one attached hydrogen (secondary N) is 1. The molecule has 1 N–H and O–H groups in total. The van der Waals surface area contributed by atoms with Crippen LogP contribution < -0.4 is 5.32 Å². The van der Waals surface area contributed by atoms with Gasteiger partial charge in [-0.3, -0.25) is 0 Å². The van der Waals surface area contributed by atoms with Crippen molar-refractivity contribution in [1.82, 2.24) is 5.32 Å². The molecule has 0 spiro atoms. The molecule has 0 aromatic heterocycles. The fourth-order valence-electron chi connectivity index (χ4n) is 1.87. The van der Waals surface area contributed by atoms with Crippen LogP contribution in [0, 0.1) is 5.82 Å². The lowest BCUT2D eigenvalue weighted by molar-refractivity contribution is 0.622. The molecule has 0 aliphatic carbocycles. The van der Waals surface area contributed by atoms with Crippen molar-refractivity contribution in [3.63, 3.8) is 0 Å². The topological polar surface area (TPSA) is 12.0 Å². The Balaban J connectivity index is 2.39. The van der Waals surface area contributed by atoms with Crippen LogP contribution in [0.4, 0.5) is 4.39 Å². The Labute approximate surface area is 101 Å². The molecule has 0 bridgehead atoms. The fraction of sp³-hybridized carbons (Fsp3) is 0.200. The second-order valence-electron chi connectivity index (χ2n) is 3.95. The van der Waals surface area contributed by atoms with Crippen LogP contribution in [0.15, 0.2) is 48.5 Å². The highest BCUT2D eigenvalue weighted by molar-refractivity contribution is 5.67. The summed E-state index contributed by atoms with van der Waals surface area (Å²) in [6.07, 6.45) is 0. The Hall–Kier alpha value is -1.67. The van der Waals surface area contributed by atoms with E-state index < -0.39 is 0 Å². The van der Waals surface area contributed by atoms with Crippen LogP contribution in [0.5, 0.6) is 0 Å². The minimum atomic E-state index is -0.183. The molecule has 0 fully saturated rings. The number of benzene rings is 2. The Bertz CT molecular complexity index is 480. The van der Waals surface area contributed by atoms with Gasteiger partial charge in [0.2, 0.25) is 0 Å². The monoisotopic (exact) mass is 229 g/mol. The van der Waals surface area contributed by atoms with Gasteiger partial charge in [0.05, 0.1) is 0 Å². The van der Waals surface area contributed by atoms with Crippen LogP contribution in [0.3, 0.4) is 0 Å². The molecule has 1 nitrogen and oxygen atoms in total. The summed E-state index contributed by atoms with van der Waals surface area (Å²) < 4.78 is 13.3. The predicted molar refractivity (Wildman–Crippen MR) is 69.2 cm³/mol. The van der Waals surface area contributed by atoms with E-state index >= 15 is 0 Å². The van der Waals surface area contributed by atoms with E-state index in [-0.39, 0.29) is 5.82 Å². The number of halogens is 1. The van der Waals surface area contributed by atoms with Gasteiger partial charge in [-0.05, 0) is 35.4 Å². The van der Waals surface area contributed by atoms with Crippen LogP contribution in [0.25, 0.3) is 11.1 Å². The van der Waals surface area contributed by atoms with Gasteiger partial charge in [-0.1, -0.05) is 43.3 Å². The third kappa shape index (κ3) is 2.92. The van der Waals surface area contributed by atoms with Crippen LogP contribution >= 0.6 is 0 Å². The van der Waals surface area contributed by atoms with Gasteiger partial charge in [0.1, 0.15) is 5.82 Å². The van der Waals surface area contributed by atoms with Gasteiger partial charge in [0, 0.05) is 6.54 Å². The maximum atomic E-state index is 13.3. The van der Waals surface area contributed by atoms with Crippen LogP contribution in [-0.2, 0) is 6.54 Å². The Morgan fingerprint density at radius 2 is 1.82 bits per heavy atom. The zero-order valence-corrected chi connectivity index (χ0v) is 9.91. The van der Waals surface area contributed by atoms with E-state index in [0.29, 0.717) is 6.54 Å². The van der Waals surface area contributed by atoms with Crippen molar-refractivity contribution < 1.29 is 4.39 Å². The van der Waals surface area contributed by atoms with Crippen LogP contribution in [0.1, 0.15) is 12.5 Å². The molecule has 0 unspecified atom stereocenters. The molecule has 0 radical (unpaired) electrons. The van der Waals surface area contributed by atoms with Gasteiger partial charge >= 0.3 is 0 Å². The van der Waals surface area contributed by atoms with E-state index in [0.717, 1.165) is 23.2 Å². The summed E-state index contributed by atoms with van der Waals surface area (Å²) >= 11 is 0. The molecule has 0 aliphatic rings. The summed E-state index contributed by atoms with van der Waals surface area (Å²) in [6.45, 7) is 3.62. The van der Waals surface area contributed by atoms with E-state index in [1.54, 1.807) is 6.07 Å². The number of hydrogen-bond donors (Lipinski definition) is 1. The summed E-state index contributed by atoms with van der Waals surface area (Å²) in [7, 11) is 0. The first-order valence-electron chi connectivity index (χ1n) is 5.86. The fourth-order valence-corrected chi connectivity index (χ4v) is 1.87. The maximum absolute atomic E-state index is 13.3. The zero-order valence-electron chi connectivity index (χ0n) is 9.91. The normalized spacial score (nSPS) is 10.5. The summed E-state index contributed by atoms with van der Waals surface area (Å²) in [5.74, 6) is -0.183. The smallest absolute Gasteiger partial charge is 0.123 e. The summed E-state index contributed by atoms with van der Waals surface area (Å²) in [5, 5.41) is 3.24. The van der Waals surface area contributed by atoms with Gasteiger partial charge in [0.15, 0.2) is 0 Å². The van der Waals surface area contributed by atoms with Crippen LogP contribution in [-0.4, -0.2) is 6.54 Å². The molecule has 0 heterocycles. The molecule has 0 amide bonds. The van der Waals surface area contributed by atoms with E-state index in [4.69, 9.17) is 0 Å².